The molecule has 1 fully saturated rings. The first kappa shape index (κ1) is 26.2. The van der Waals surface area contributed by atoms with Crippen LogP contribution in [0.1, 0.15) is 61.5 Å². The number of fused-ring (bicyclic) bond motifs is 1. The Morgan fingerprint density at radius 3 is 2.71 bits per heavy atom. The summed E-state index contributed by atoms with van der Waals surface area (Å²) in [6.07, 6.45) is 1.97. The average Bonchev–Trinajstić information content (AvgIpc) is 2.98. The molecule has 1 aromatic carbocycles. The summed E-state index contributed by atoms with van der Waals surface area (Å²) in [5.41, 5.74) is 2.42. The molecule has 0 bridgehead atoms. The van der Waals surface area contributed by atoms with Crippen molar-refractivity contribution in [1.29, 1.82) is 0 Å². The number of ketones is 1. The van der Waals surface area contributed by atoms with Gasteiger partial charge in [-0.2, -0.15) is 0 Å². The number of carbonyl (C=O) groups excluding carboxylic acids is 1. The first-order valence-electron chi connectivity index (χ1n) is 11.5. The van der Waals surface area contributed by atoms with Crippen LogP contribution in [0, 0.1) is 23.7 Å². The van der Waals surface area contributed by atoms with Gasteiger partial charge in [0.2, 0.25) is 0 Å². The standard InChI is InChI=1S/C26H30ClF2NO4/c1-17(13-24(32)33)12-23(31)25-20-14-19(27)8-9-21(20)30(2)22(25)7-3-4-10-34-11-5-6-18-15-26(28,29)16-18/h8-9,14,17-18H,3-4,7,10-13,15-16H2,1-2H3,(H,32,33)/t17-/m0/s1. The molecule has 0 saturated heterocycles. The molecule has 0 spiro atoms. The van der Waals surface area contributed by atoms with Gasteiger partial charge in [0.1, 0.15) is 6.61 Å². The predicted molar refractivity (Wildman–Crippen MR) is 127 cm³/mol. The number of benzene rings is 1. The van der Waals surface area contributed by atoms with Gasteiger partial charge in [0.05, 0.1) is 0 Å². The van der Waals surface area contributed by atoms with Gasteiger partial charge < -0.3 is 14.4 Å². The van der Waals surface area contributed by atoms with Crippen molar-refractivity contribution in [2.75, 3.05) is 13.2 Å². The van der Waals surface area contributed by atoms with E-state index in [1.165, 1.54) is 0 Å². The monoisotopic (exact) mass is 493 g/mol. The number of rotatable bonds is 11. The van der Waals surface area contributed by atoms with Crippen molar-refractivity contribution in [3.05, 3.63) is 34.5 Å². The first-order chi connectivity index (χ1) is 16.1. The van der Waals surface area contributed by atoms with Crippen LogP contribution in [0.3, 0.4) is 0 Å². The van der Waals surface area contributed by atoms with E-state index in [2.05, 4.69) is 11.8 Å². The summed E-state index contributed by atoms with van der Waals surface area (Å²) in [7, 11) is 1.92. The molecule has 1 saturated carbocycles. The number of alkyl halides is 2. The fourth-order valence-corrected chi connectivity index (χ4v) is 4.60. The lowest BCUT2D eigenvalue weighted by Crippen LogP contribution is -2.34. The summed E-state index contributed by atoms with van der Waals surface area (Å²) < 4.78 is 33.1. The van der Waals surface area contributed by atoms with Gasteiger partial charge in [0.25, 0.3) is 5.92 Å². The third-order valence-electron chi connectivity index (χ3n) is 6.14. The highest BCUT2D eigenvalue weighted by Gasteiger charge is 2.44. The minimum Gasteiger partial charge on any atom is -0.481 e. The lowest BCUT2D eigenvalue weighted by Gasteiger charge is -2.31. The second-order valence-electron chi connectivity index (χ2n) is 9.16. The molecule has 8 heteroatoms. The van der Waals surface area contributed by atoms with E-state index in [1.807, 2.05) is 17.7 Å². The van der Waals surface area contributed by atoms with E-state index in [1.54, 1.807) is 19.1 Å². The van der Waals surface area contributed by atoms with Gasteiger partial charge in [-0.1, -0.05) is 30.4 Å². The van der Waals surface area contributed by atoms with Crippen LogP contribution in [0.15, 0.2) is 18.2 Å². The number of carboxylic acids is 1. The maximum absolute atomic E-state index is 13.2. The molecule has 5 nitrogen and oxygen atoms in total. The molecule has 1 aliphatic carbocycles. The third-order valence-corrected chi connectivity index (χ3v) is 6.38. The molecular weight excluding hydrogens is 464 g/mol. The minimum absolute atomic E-state index is 0.0595. The Kier molecular flexibility index (Phi) is 8.72. The number of unbranched alkanes of at least 4 members (excludes halogenated alkanes) is 1. The molecule has 1 aromatic heterocycles. The first-order valence-corrected chi connectivity index (χ1v) is 11.9. The Hall–Kier alpha value is -2.43. The second kappa shape index (κ2) is 11.3. The van der Waals surface area contributed by atoms with Crippen LogP contribution in [0.2, 0.25) is 5.02 Å². The maximum Gasteiger partial charge on any atom is 0.303 e. The molecule has 1 heterocycles. The molecule has 0 aliphatic heterocycles. The molecule has 2 aromatic rings. The number of Topliss-reactive ketones (excluding diaryl/α,β-unsaturated/α-hetero) is 1. The van der Waals surface area contributed by atoms with Gasteiger partial charge in [0, 0.05) is 72.4 Å². The quantitative estimate of drug-likeness (QED) is 0.240. The van der Waals surface area contributed by atoms with Gasteiger partial charge in [0.15, 0.2) is 5.78 Å². The number of aryl methyl sites for hydroxylation is 1. The third kappa shape index (κ3) is 6.80. The number of ether oxygens (including phenoxy) is 1. The maximum atomic E-state index is 13.2. The molecule has 0 unspecified atom stereocenters. The van der Waals surface area contributed by atoms with Crippen LogP contribution in [0.5, 0.6) is 0 Å². The topological polar surface area (TPSA) is 68.5 Å². The van der Waals surface area contributed by atoms with Crippen LogP contribution in [0.25, 0.3) is 10.9 Å². The molecule has 1 aliphatic rings. The van der Waals surface area contributed by atoms with E-state index >= 15 is 0 Å². The Morgan fingerprint density at radius 1 is 1.29 bits per heavy atom. The normalized spacial score (nSPS) is 16.0. The number of nitrogens with zero attached hydrogens (tertiary/aromatic N) is 1. The SMILES string of the molecule is C[C@H](CC(=O)O)CC(=O)c1c(CCCCOCC#CC2CC(F)(F)C2)n(C)c2ccc(Cl)cc12. The molecule has 184 valence electrons. The highest BCUT2D eigenvalue weighted by atomic mass is 35.5. The summed E-state index contributed by atoms with van der Waals surface area (Å²) in [6, 6.07) is 5.46. The number of hydrogen-bond acceptors (Lipinski definition) is 3. The largest absolute Gasteiger partial charge is 0.481 e. The van der Waals surface area contributed by atoms with Crippen molar-refractivity contribution < 1.29 is 28.2 Å². The molecule has 3 rings (SSSR count). The zero-order valence-corrected chi connectivity index (χ0v) is 20.3. The predicted octanol–water partition coefficient (Wildman–Crippen LogP) is 5.90. The zero-order valence-electron chi connectivity index (χ0n) is 19.5. The van der Waals surface area contributed by atoms with Crippen molar-refractivity contribution in [2.45, 2.75) is 57.8 Å². The van der Waals surface area contributed by atoms with Gasteiger partial charge in [-0.15, -0.1) is 0 Å². The molecule has 1 N–H and O–H groups in total. The van der Waals surface area contributed by atoms with Crippen LogP contribution >= 0.6 is 11.6 Å². The molecule has 0 radical (unpaired) electrons. The highest BCUT2D eigenvalue weighted by molar-refractivity contribution is 6.31. The zero-order chi connectivity index (χ0) is 24.9. The minimum atomic E-state index is -2.55. The molecule has 0 amide bonds. The summed E-state index contributed by atoms with van der Waals surface area (Å²) in [4.78, 5) is 24.2. The number of carbonyl (C=O) groups is 2. The van der Waals surface area contributed by atoms with Crippen molar-refractivity contribution in [1.82, 2.24) is 4.57 Å². The van der Waals surface area contributed by atoms with Gasteiger partial charge in [-0.25, -0.2) is 8.78 Å². The number of halogens is 3. The fraction of sp³-hybridized carbons (Fsp3) is 0.538. The second-order valence-corrected chi connectivity index (χ2v) is 9.60. The fourth-order valence-electron chi connectivity index (χ4n) is 4.43. The van der Waals surface area contributed by atoms with E-state index in [-0.39, 0.29) is 49.9 Å². The van der Waals surface area contributed by atoms with Crippen molar-refractivity contribution in [3.63, 3.8) is 0 Å². The van der Waals surface area contributed by atoms with Crippen molar-refractivity contribution in [2.24, 2.45) is 18.9 Å². The van der Waals surface area contributed by atoms with E-state index in [4.69, 9.17) is 21.4 Å². The summed E-state index contributed by atoms with van der Waals surface area (Å²) in [5, 5.41) is 10.4. The molecule has 1 atom stereocenters. The number of carboxylic acid groups (broad SMARTS) is 1. The Bertz CT molecular complexity index is 1110. The summed E-state index contributed by atoms with van der Waals surface area (Å²) in [6.45, 7) is 2.48. The molecular formula is C26H30ClF2NO4. The van der Waals surface area contributed by atoms with E-state index in [0.29, 0.717) is 23.6 Å². The van der Waals surface area contributed by atoms with Gasteiger partial charge in [-0.05, 0) is 43.4 Å². The molecule has 34 heavy (non-hydrogen) atoms. The number of aliphatic carboxylic acids is 1. The lowest BCUT2D eigenvalue weighted by atomic mass is 9.82. The van der Waals surface area contributed by atoms with Crippen molar-refractivity contribution >= 4 is 34.3 Å². The highest BCUT2D eigenvalue weighted by Crippen LogP contribution is 2.41. The van der Waals surface area contributed by atoms with Crippen molar-refractivity contribution in [3.8, 4) is 11.8 Å². The summed E-state index contributed by atoms with van der Waals surface area (Å²) in [5.74, 6) is 1.58. The smallest absolute Gasteiger partial charge is 0.303 e. The van der Waals surface area contributed by atoms with E-state index < -0.39 is 11.9 Å². The van der Waals surface area contributed by atoms with Crippen LogP contribution in [-0.4, -0.2) is 40.6 Å². The van der Waals surface area contributed by atoms with Crippen LogP contribution < -0.4 is 0 Å². The Morgan fingerprint density at radius 2 is 2.03 bits per heavy atom. The Labute approximate surface area is 203 Å². The number of hydrogen-bond donors (Lipinski definition) is 1. The van der Waals surface area contributed by atoms with Crippen LogP contribution in [0.4, 0.5) is 8.78 Å². The van der Waals surface area contributed by atoms with Crippen LogP contribution in [-0.2, 0) is 23.0 Å². The average molecular weight is 494 g/mol. The Balaban J connectivity index is 1.59. The van der Waals surface area contributed by atoms with Gasteiger partial charge in [-0.3, -0.25) is 9.59 Å². The van der Waals surface area contributed by atoms with E-state index in [0.717, 1.165) is 29.4 Å². The number of aromatic nitrogens is 1. The lowest BCUT2D eigenvalue weighted by molar-refractivity contribution is -0.137. The van der Waals surface area contributed by atoms with E-state index in [9.17, 15) is 18.4 Å². The summed E-state index contributed by atoms with van der Waals surface area (Å²) >= 11 is 6.20. The van der Waals surface area contributed by atoms with Gasteiger partial charge >= 0.3 is 5.97 Å².